The lowest BCUT2D eigenvalue weighted by atomic mass is 9.92. The van der Waals surface area contributed by atoms with Crippen LogP contribution in [0.1, 0.15) is 76.1 Å². The third-order valence-electron chi connectivity index (χ3n) is 6.61. The molecule has 0 bridgehead atoms. The number of aromatic nitrogens is 1. The minimum absolute atomic E-state index is 0.217. The number of benzene rings is 2. The van der Waals surface area contributed by atoms with Crippen molar-refractivity contribution in [2.45, 2.75) is 59.4 Å². The number of hydrogen-bond acceptors (Lipinski definition) is 8. The number of fused-ring (bicyclic) bond motifs is 1. The normalized spacial score (nSPS) is 15.0. The van der Waals surface area contributed by atoms with Gasteiger partial charge in [-0.3, -0.25) is 14.2 Å². The van der Waals surface area contributed by atoms with Crippen molar-refractivity contribution < 1.29 is 23.8 Å². The van der Waals surface area contributed by atoms with Gasteiger partial charge in [-0.05, 0) is 76.8 Å². The van der Waals surface area contributed by atoms with Crippen LogP contribution in [0.4, 0.5) is 0 Å². The van der Waals surface area contributed by atoms with Gasteiger partial charge in [0.2, 0.25) is 0 Å². The van der Waals surface area contributed by atoms with Crippen LogP contribution in [-0.2, 0) is 14.3 Å². The number of carbonyl (C=O) groups excluding carboxylic acids is 2. The third-order valence-corrected chi connectivity index (χ3v) is 8.39. The Bertz CT molecular complexity index is 1680. The fraction of sp³-hybridized carbons (Fsp3) is 0.355. The summed E-state index contributed by atoms with van der Waals surface area (Å²) in [5, 5.41) is 0. The van der Waals surface area contributed by atoms with Gasteiger partial charge in [-0.2, -0.15) is 0 Å². The van der Waals surface area contributed by atoms with E-state index in [-0.39, 0.29) is 12.2 Å². The Morgan fingerprint density at radius 2 is 1.88 bits per heavy atom. The second-order valence-corrected chi connectivity index (χ2v) is 12.0. The van der Waals surface area contributed by atoms with Crippen molar-refractivity contribution >= 4 is 51.9 Å². The van der Waals surface area contributed by atoms with Crippen LogP contribution in [0.2, 0.25) is 0 Å². The zero-order chi connectivity index (χ0) is 29.8. The molecule has 0 fully saturated rings. The first-order chi connectivity index (χ1) is 19.6. The molecular formula is C31H33IN2O6S. The van der Waals surface area contributed by atoms with Crippen LogP contribution < -0.4 is 24.4 Å². The van der Waals surface area contributed by atoms with Gasteiger partial charge in [-0.25, -0.2) is 9.79 Å². The van der Waals surface area contributed by atoms with Crippen molar-refractivity contribution in [3.63, 3.8) is 0 Å². The second kappa shape index (κ2) is 13.2. The molecular weight excluding hydrogens is 655 g/mol. The maximum absolute atomic E-state index is 14.0. The van der Waals surface area contributed by atoms with E-state index in [9.17, 15) is 14.4 Å². The van der Waals surface area contributed by atoms with Crippen LogP contribution in [0, 0.1) is 3.57 Å². The molecule has 1 aromatic heterocycles. The Balaban J connectivity index is 1.95. The maximum Gasteiger partial charge on any atom is 0.338 e. The van der Waals surface area contributed by atoms with Gasteiger partial charge in [0.1, 0.15) is 0 Å². The number of esters is 2. The van der Waals surface area contributed by atoms with Crippen molar-refractivity contribution in [1.82, 2.24) is 4.57 Å². The smallest absolute Gasteiger partial charge is 0.338 e. The fourth-order valence-corrected chi connectivity index (χ4v) is 6.47. The lowest BCUT2D eigenvalue weighted by Crippen LogP contribution is -2.40. The summed E-state index contributed by atoms with van der Waals surface area (Å²) >= 11 is 3.34. The molecule has 1 aliphatic rings. The van der Waals surface area contributed by atoms with Gasteiger partial charge < -0.3 is 14.2 Å². The van der Waals surface area contributed by atoms with Crippen molar-refractivity contribution in [3.05, 3.63) is 87.6 Å². The summed E-state index contributed by atoms with van der Waals surface area (Å²) in [5.41, 5.74) is 3.45. The van der Waals surface area contributed by atoms with Crippen molar-refractivity contribution in [1.29, 1.82) is 0 Å². The van der Waals surface area contributed by atoms with E-state index in [4.69, 9.17) is 19.2 Å². The van der Waals surface area contributed by atoms with E-state index >= 15 is 0 Å². The third kappa shape index (κ3) is 6.48. The van der Waals surface area contributed by atoms with E-state index in [0.29, 0.717) is 53.6 Å². The minimum Gasteiger partial charge on any atom is -0.493 e. The van der Waals surface area contributed by atoms with Crippen LogP contribution in [0.25, 0.3) is 6.08 Å². The topological polar surface area (TPSA) is 96.2 Å². The minimum atomic E-state index is -0.670. The Morgan fingerprint density at radius 1 is 1.17 bits per heavy atom. The molecule has 10 heteroatoms. The zero-order valence-corrected chi connectivity index (χ0v) is 26.9. The average molecular weight is 689 g/mol. The summed E-state index contributed by atoms with van der Waals surface area (Å²) in [6, 6.07) is 10.9. The fourth-order valence-electron chi connectivity index (χ4n) is 4.72. The number of hydrogen-bond donors (Lipinski definition) is 0. The molecule has 0 aliphatic carbocycles. The number of methoxy groups -OCH3 is 1. The van der Waals surface area contributed by atoms with Gasteiger partial charge in [-0.1, -0.05) is 62.8 Å². The monoisotopic (exact) mass is 688 g/mol. The molecule has 0 radical (unpaired) electrons. The molecule has 216 valence electrons. The molecule has 8 nitrogen and oxygen atoms in total. The first-order valence-electron chi connectivity index (χ1n) is 13.5. The molecule has 1 aliphatic heterocycles. The number of ether oxygens (including phenoxy) is 3. The molecule has 2 heterocycles. The first kappa shape index (κ1) is 30.7. The predicted octanol–water partition coefficient (Wildman–Crippen LogP) is 5.24. The Kier molecular flexibility index (Phi) is 9.85. The van der Waals surface area contributed by atoms with Gasteiger partial charge >= 0.3 is 11.9 Å². The number of carbonyl (C=O) groups is 2. The van der Waals surface area contributed by atoms with Crippen LogP contribution in [0.3, 0.4) is 0 Å². The summed E-state index contributed by atoms with van der Waals surface area (Å²) in [4.78, 5) is 44.3. The molecule has 0 spiro atoms. The molecule has 0 N–H and O–H groups in total. The summed E-state index contributed by atoms with van der Waals surface area (Å²) in [5.74, 6) is 0.126. The Hall–Kier alpha value is -3.25. The molecule has 0 saturated carbocycles. The largest absolute Gasteiger partial charge is 0.493 e. The predicted molar refractivity (Wildman–Crippen MR) is 167 cm³/mol. The van der Waals surface area contributed by atoms with E-state index in [1.807, 2.05) is 37.3 Å². The highest BCUT2D eigenvalue weighted by molar-refractivity contribution is 14.1. The molecule has 3 aromatic rings. The molecule has 1 atom stereocenters. The van der Waals surface area contributed by atoms with E-state index in [0.717, 1.165) is 17.5 Å². The van der Waals surface area contributed by atoms with Gasteiger partial charge in [0, 0.05) is 6.92 Å². The maximum atomic E-state index is 14.0. The van der Waals surface area contributed by atoms with Crippen molar-refractivity contribution in [2.75, 3.05) is 13.7 Å². The number of halogens is 1. The van der Waals surface area contributed by atoms with E-state index in [1.165, 1.54) is 25.4 Å². The molecule has 41 heavy (non-hydrogen) atoms. The molecule has 0 saturated heterocycles. The molecule has 2 aromatic carbocycles. The Morgan fingerprint density at radius 3 is 2.46 bits per heavy atom. The SMILES string of the molecule is CCCC1=C(C(=O)OCC)[C@@H](c2ccc(C(C)C)cc2)n2c(s/c(=C\c3cc(I)c(OC(C)=O)c(OC)c3)c2=O)=N1. The summed E-state index contributed by atoms with van der Waals surface area (Å²) in [6.07, 6.45) is 3.12. The second-order valence-electron chi connectivity index (χ2n) is 9.86. The number of thiazole rings is 1. The summed E-state index contributed by atoms with van der Waals surface area (Å²) in [6.45, 7) is 9.58. The summed E-state index contributed by atoms with van der Waals surface area (Å²) < 4.78 is 19.0. The highest BCUT2D eigenvalue weighted by Gasteiger charge is 2.34. The first-order valence-corrected chi connectivity index (χ1v) is 15.4. The van der Waals surface area contributed by atoms with Crippen molar-refractivity contribution in [3.8, 4) is 11.5 Å². The standard InChI is InChI=1S/C31H33IN2O6S/c1-7-9-23-26(30(37)39-8-2)27(21-12-10-20(11-13-21)17(3)4)34-29(36)25(41-31(34)33-23)16-19-14-22(32)28(40-18(5)35)24(15-19)38-6/h10-17,27H,7-9H2,1-6H3/b25-16-/t27-/m1/s1. The zero-order valence-electron chi connectivity index (χ0n) is 23.9. The molecule has 0 amide bonds. The van der Waals surface area contributed by atoms with Crippen molar-refractivity contribution in [2.24, 2.45) is 4.99 Å². The van der Waals surface area contributed by atoms with E-state index in [1.54, 1.807) is 23.6 Å². The molecule has 0 unspecified atom stereocenters. The van der Waals surface area contributed by atoms with Crippen LogP contribution >= 0.6 is 33.9 Å². The van der Waals surface area contributed by atoms with Gasteiger partial charge in [0.25, 0.3) is 5.56 Å². The number of allylic oxidation sites excluding steroid dienone is 1. The van der Waals surface area contributed by atoms with Crippen LogP contribution in [0.15, 0.2) is 57.5 Å². The van der Waals surface area contributed by atoms with Gasteiger partial charge in [0.15, 0.2) is 16.3 Å². The van der Waals surface area contributed by atoms with Crippen LogP contribution in [-0.4, -0.2) is 30.2 Å². The number of rotatable bonds is 9. The van der Waals surface area contributed by atoms with Crippen LogP contribution in [0.5, 0.6) is 11.5 Å². The van der Waals surface area contributed by atoms with E-state index in [2.05, 4.69) is 36.4 Å². The van der Waals surface area contributed by atoms with Gasteiger partial charge in [0.05, 0.1) is 39.1 Å². The lowest BCUT2D eigenvalue weighted by Gasteiger charge is -2.26. The van der Waals surface area contributed by atoms with E-state index < -0.39 is 18.0 Å². The lowest BCUT2D eigenvalue weighted by molar-refractivity contribution is -0.139. The quantitative estimate of drug-likeness (QED) is 0.174. The highest BCUT2D eigenvalue weighted by atomic mass is 127. The summed E-state index contributed by atoms with van der Waals surface area (Å²) in [7, 11) is 1.49. The molecule has 4 rings (SSSR count). The Labute approximate surface area is 256 Å². The van der Waals surface area contributed by atoms with Gasteiger partial charge in [-0.15, -0.1) is 0 Å². The number of nitrogens with zero attached hydrogens (tertiary/aromatic N) is 2. The highest BCUT2D eigenvalue weighted by Crippen LogP contribution is 2.35. The average Bonchev–Trinajstić information content (AvgIpc) is 3.23.